The van der Waals surface area contributed by atoms with Gasteiger partial charge in [-0.1, -0.05) is 18.2 Å². The highest BCUT2D eigenvalue weighted by molar-refractivity contribution is 5.97. The van der Waals surface area contributed by atoms with Gasteiger partial charge in [-0.2, -0.15) is 0 Å². The van der Waals surface area contributed by atoms with Gasteiger partial charge >= 0.3 is 0 Å². The van der Waals surface area contributed by atoms with Gasteiger partial charge in [-0.15, -0.1) is 0 Å². The topological polar surface area (TPSA) is 56.1 Å². The van der Waals surface area contributed by atoms with Crippen molar-refractivity contribution in [3.05, 3.63) is 65.6 Å². The average Bonchev–Trinajstić information content (AvgIpc) is 3.11. The normalized spacial score (nSPS) is 14.6. The summed E-state index contributed by atoms with van der Waals surface area (Å²) in [5.41, 5.74) is 3.44. The van der Waals surface area contributed by atoms with E-state index < -0.39 is 0 Å². The van der Waals surface area contributed by atoms with Gasteiger partial charge in [0.15, 0.2) is 0 Å². The minimum atomic E-state index is -0.0188. The highest BCUT2D eigenvalue weighted by Gasteiger charge is 2.21. The molecule has 26 heavy (non-hydrogen) atoms. The lowest BCUT2D eigenvalue weighted by Gasteiger charge is -2.27. The Labute approximate surface area is 152 Å². The molecule has 6 heteroatoms. The molecule has 0 aliphatic carbocycles. The predicted molar refractivity (Wildman–Crippen MR) is 97.4 cm³/mol. The van der Waals surface area contributed by atoms with E-state index in [1.165, 1.54) is 0 Å². The fraction of sp³-hybridized carbons (Fsp3) is 0.300. The number of fused-ring (bicyclic) bond motifs is 1. The first-order chi connectivity index (χ1) is 12.7. The van der Waals surface area contributed by atoms with Gasteiger partial charge in [0.1, 0.15) is 18.0 Å². The van der Waals surface area contributed by atoms with E-state index >= 15 is 0 Å². The van der Waals surface area contributed by atoms with E-state index in [1.807, 2.05) is 54.0 Å². The van der Waals surface area contributed by atoms with Crippen LogP contribution in [0.15, 0.2) is 48.8 Å². The summed E-state index contributed by atoms with van der Waals surface area (Å²) in [6, 6.07) is 11.4. The Bertz CT molecular complexity index is 929. The number of imidazole rings is 1. The van der Waals surface area contributed by atoms with Crippen molar-refractivity contribution in [1.82, 2.24) is 14.3 Å². The molecule has 1 aliphatic heterocycles. The molecule has 0 spiro atoms. The second-order valence-corrected chi connectivity index (χ2v) is 6.34. The molecule has 0 N–H and O–H groups in total. The van der Waals surface area contributed by atoms with Crippen LogP contribution in [0.3, 0.4) is 0 Å². The van der Waals surface area contributed by atoms with Crippen LogP contribution in [-0.2, 0) is 11.3 Å². The van der Waals surface area contributed by atoms with Crippen molar-refractivity contribution in [1.29, 1.82) is 0 Å². The van der Waals surface area contributed by atoms with Crippen LogP contribution >= 0.6 is 0 Å². The third-order valence-corrected chi connectivity index (χ3v) is 4.52. The van der Waals surface area contributed by atoms with E-state index in [1.54, 1.807) is 11.0 Å². The van der Waals surface area contributed by atoms with Crippen LogP contribution in [0.1, 0.15) is 21.6 Å². The van der Waals surface area contributed by atoms with Crippen LogP contribution in [0.4, 0.5) is 0 Å². The van der Waals surface area contributed by atoms with Gasteiger partial charge in [0.25, 0.3) is 5.91 Å². The van der Waals surface area contributed by atoms with Crippen molar-refractivity contribution < 1.29 is 14.3 Å². The van der Waals surface area contributed by atoms with Crippen molar-refractivity contribution in [3.63, 3.8) is 0 Å². The van der Waals surface area contributed by atoms with Gasteiger partial charge in [0.05, 0.1) is 24.5 Å². The van der Waals surface area contributed by atoms with E-state index in [0.717, 1.165) is 16.9 Å². The lowest BCUT2D eigenvalue weighted by Crippen LogP contribution is -2.40. The molecule has 4 rings (SSSR count). The summed E-state index contributed by atoms with van der Waals surface area (Å²) in [4.78, 5) is 19.2. The Morgan fingerprint density at radius 2 is 2.00 bits per heavy atom. The standard InChI is InChI=1S/C20H21N3O3/c1-15-5-4-8-23-13-16(21-19(15)23)14-26-18-7-3-2-6-17(18)20(24)22-9-11-25-12-10-22/h2-8,13H,9-12,14H2,1H3. The summed E-state index contributed by atoms with van der Waals surface area (Å²) >= 11 is 0. The number of benzene rings is 1. The fourth-order valence-corrected chi connectivity index (χ4v) is 3.13. The molecule has 0 saturated carbocycles. The monoisotopic (exact) mass is 351 g/mol. The first-order valence-corrected chi connectivity index (χ1v) is 8.74. The van der Waals surface area contributed by atoms with Crippen LogP contribution in [0, 0.1) is 6.92 Å². The lowest BCUT2D eigenvalue weighted by molar-refractivity contribution is 0.0300. The van der Waals surface area contributed by atoms with Crippen LogP contribution in [0.25, 0.3) is 5.65 Å². The van der Waals surface area contributed by atoms with E-state index in [-0.39, 0.29) is 5.91 Å². The molecule has 0 radical (unpaired) electrons. The quantitative estimate of drug-likeness (QED) is 0.725. The van der Waals surface area contributed by atoms with E-state index in [0.29, 0.717) is 44.2 Å². The van der Waals surface area contributed by atoms with Crippen molar-refractivity contribution in [2.45, 2.75) is 13.5 Å². The highest BCUT2D eigenvalue weighted by atomic mass is 16.5. The Morgan fingerprint density at radius 3 is 2.81 bits per heavy atom. The SMILES string of the molecule is Cc1cccn2cc(COc3ccccc3C(=O)N3CCOCC3)nc12. The lowest BCUT2D eigenvalue weighted by atomic mass is 10.1. The van der Waals surface area contributed by atoms with Crippen molar-refractivity contribution in [2.75, 3.05) is 26.3 Å². The summed E-state index contributed by atoms with van der Waals surface area (Å²) < 4.78 is 13.3. The molecular formula is C20H21N3O3. The molecule has 134 valence electrons. The third-order valence-electron chi connectivity index (χ3n) is 4.52. The van der Waals surface area contributed by atoms with Gasteiger partial charge in [-0.25, -0.2) is 4.98 Å². The Morgan fingerprint density at radius 1 is 1.19 bits per heavy atom. The van der Waals surface area contributed by atoms with Crippen LogP contribution in [-0.4, -0.2) is 46.5 Å². The molecule has 1 aliphatic rings. The second-order valence-electron chi connectivity index (χ2n) is 6.34. The fourth-order valence-electron chi connectivity index (χ4n) is 3.13. The summed E-state index contributed by atoms with van der Waals surface area (Å²) in [5.74, 6) is 0.563. The number of aromatic nitrogens is 2. The minimum absolute atomic E-state index is 0.0188. The van der Waals surface area contributed by atoms with Gasteiger partial charge in [-0.05, 0) is 30.7 Å². The number of hydrogen-bond donors (Lipinski definition) is 0. The number of pyridine rings is 1. The van der Waals surface area contributed by atoms with Crippen molar-refractivity contribution in [2.24, 2.45) is 0 Å². The van der Waals surface area contributed by atoms with Crippen LogP contribution in [0.5, 0.6) is 5.75 Å². The molecule has 3 heterocycles. The Hall–Kier alpha value is -2.86. The number of rotatable bonds is 4. The maximum absolute atomic E-state index is 12.8. The zero-order valence-electron chi connectivity index (χ0n) is 14.7. The van der Waals surface area contributed by atoms with E-state index in [9.17, 15) is 4.79 Å². The molecule has 6 nitrogen and oxygen atoms in total. The molecule has 1 saturated heterocycles. The number of amides is 1. The van der Waals surface area contributed by atoms with E-state index in [4.69, 9.17) is 9.47 Å². The highest BCUT2D eigenvalue weighted by Crippen LogP contribution is 2.22. The van der Waals surface area contributed by atoms with Gasteiger partial charge < -0.3 is 18.8 Å². The number of nitrogens with zero attached hydrogens (tertiary/aromatic N) is 3. The molecule has 3 aromatic rings. The maximum Gasteiger partial charge on any atom is 0.257 e. The molecular weight excluding hydrogens is 330 g/mol. The first kappa shape index (κ1) is 16.6. The first-order valence-electron chi connectivity index (χ1n) is 8.74. The van der Waals surface area contributed by atoms with Crippen LogP contribution in [0.2, 0.25) is 0 Å². The number of hydrogen-bond acceptors (Lipinski definition) is 4. The molecule has 1 amide bonds. The number of para-hydroxylation sites is 1. The summed E-state index contributed by atoms with van der Waals surface area (Å²) in [5, 5.41) is 0. The maximum atomic E-state index is 12.8. The summed E-state index contributed by atoms with van der Waals surface area (Å²) in [6.45, 7) is 4.72. The average molecular weight is 351 g/mol. The molecule has 0 atom stereocenters. The molecule has 0 bridgehead atoms. The summed E-state index contributed by atoms with van der Waals surface area (Å²) in [7, 11) is 0. The number of carbonyl (C=O) groups is 1. The Kier molecular flexibility index (Phi) is 4.58. The smallest absolute Gasteiger partial charge is 0.257 e. The van der Waals surface area contributed by atoms with Crippen LogP contribution < -0.4 is 4.74 Å². The number of carbonyl (C=O) groups excluding carboxylic acids is 1. The van der Waals surface area contributed by atoms with Gasteiger partial charge in [0, 0.05) is 25.5 Å². The zero-order valence-corrected chi connectivity index (χ0v) is 14.7. The molecule has 2 aromatic heterocycles. The number of morpholine rings is 1. The molecule has 1 fully saturated rings. The number of aryl methyl sites for hydroxylation is 1. The zero-order chi connectivity index (χ0) is 17.9. The third kappa shape index (κ3) is 3.28. The predicted octanol–water partition coefficient (Wildman–Crippen LogP) is 2.69. The van der Waals surface area contributed by atoms with E-state index in [2.05, 4.69) is 4.98 Å². The molecule has 1 aromatic carbocycles. The number of ether oxygens (including phenoxy) is 2. The van der Waals surface area contributed by atoms with Gasteiger partial charge in [-0.3, -0.25) is 4.79 Å². The summed E-state index contributed by atoms with van der Waals surface area (Å²) in [6.07, 6.45) is 3.92. The second kappa shape index (κ2) is 7.17. The van der Waals surface area contributed by atoms with Crippen molar-refractivity contribution >= 4 is 11.6 Å². The molecule has 0 unspecified atom stereocenters. The Balaban J connectivity index is 1.52. The largest absolute Gasteiger partial charge is 0.486 e. The van der Waals surface area contributed by atoms with Crippen molar-refractivity contribution in [3.8, 4) is 5.75 Å². The van der Waals surface area contributed by atoms with Gasteiger partial charge in [0.2, 0.25) is 0 Å². The minimum Gasteiger partial charge on any atom is -0.486 e.